The second kappa shape index (κ2) is 5.97. The highest BCUT2D eigenvalue weighted by molar-refractivity contribution is 7.89. The molecule has 0 aliphatic heterocycles. The standard InChI is InChI=1S/C9H18N2O5S/c1-5-17(15,16)10(3)6-8(12)11(4)7(2)9(13)14/h7H,5-6H2,1-4H3,(H,13,14). The van der Waals surface area contributed by atoms with Crippen molar-refractivity contribution < 1.29 is 23.1 Å². The first kappa shape index (κ1) is 15.9. The van der Waals surface area contributed by atoms with Crippen LogP contribution in [0.25, 0.3) is 0 Å². The monoisotopic (exact) mass is 266 g/mol. The Balaban J connectivity index is 4.62. The van der Waals surface area contributed by atoms with E-state index < -0.39 is 27.9 Å². The summed E-state index contributed by atoms with van der Waals surface area (Å²) in [5.74, 6) is -1.80. The summed E-state index contributed by atoms with van der Waals surface area (Å²) in [7, 11) is -0.820. The van der Waals surface area contributed by atoms with Crippen molar-refractivity contribution in [1.82, 2.24) is 9.21 Å². The third kappa shape index (κ3) is 4.31. The second-order valence-electron chi connectivity index (χ2n) is 3.68. The fourth-order valence-electron chi connectivity index (χ4n) is 1.00. The molecule has 0 rings (SSSR count). The first-order valence-electron chi connectivity index (χ1n) is 5.06. The van der Waals surface area contributed by atoms with Gasteiger partial charge in [-0.05, 0) is 13.8 Å². The molecule has 1 amide bonds. The van der Waals surface area contributed by atoms with Crippen molar-refractivity contribution in [2.45, 2.75) is 19.9 Å². The molecule has 0 aliphatic carbocycles. The third-order valence-corrected chi connectivity index (χ3v) is 4.34. The van der Waals surface area contributed by atoms with E-state index in [4.69, 9.17) is 5.11 Å². The van der Waals surface area contributed by atoms with E-state index in [1.54, 1.807) is 0 Å². The quantitative estimate of drug-likeness (QED) is 0.679. The summed E-state index contributed by atoms with van der Waals surface area (Å²) in [5.41, 5.74) is 0. The molecule has 1 unspecified atom stereocenters. The van der Waals surface area contributed by atoms with Gasteiger partial charge in [0.05, 0.1) is 12.3 Å². The van der Waals surface area contributed by atoms with Crippen LogP contribution in [0.1, 0.15) is 13.8 Å². The van der Waals surface area contributed by atoms with Crippen molar-refractivity contribution in [1.29, 1.82) is 0 Å². The zero-order valence-corrected chi connectivity index (χ0v) is 11.2. The van der Waals surface area contributed by atoms with Crippen LogP contribution in [0.2, 0.25) is 0 Å². The number of sulfonamides is 1. The lowest BCUT2D eigenvalue weighted by atomic mass is 10.3. The molecule has 1 atom stereocenters. The van der Waals surface area contributed by atoms with Gasteiger partial charge in [0, 0.05) is 14.1 Å². The van der Waals surface area contributed by atoms with Gasteiger partial charge < -0.3 is 10.0 Å². The minimum Gasteiger partial charge on any atom is -0.480 e. The van der Waals surface area contributed by atoms with Crippen LogP contribution in [0.15, 0.2) is 0 Å². The normalized spacial score (nSPS) is 13.5. The van der Waals surface area contributed by atoms with Gasteiger partial charge in [0.15, 0.2) is 0 Å². The Morgan fingerprint density at radius 3 is 2.12 bits per heavy atom. The predicted octanol–water partition coefficient (Wildman–Crippen LogP) is -0.801. The minimum atomic E-state index is -3.43. The molecule has 0 spiro atoms. The van der Waals surface area contributed by atoms with Crippen LogP contribution in [-0.4, -0.2) is 67.0 Å². The highest BCUT2D eigenvalue weighted by Crippen LogP contribution is 2.02. The Hall–Kier alpha value is -1.15. The van der Waals surface area contributed by atoms with Crippen LogP contribution in [0.3, 0.4) is 0 Å². The molecule has 0 aromatic carbocycles. The molecule has 0 radical (unpaired) electrons. The molecular weight excluding hydrogens is 248 g/mol. The zero-order valence-electron chi connectivity index (χ0n) is 10.4. The molecule has 0 fully saturated rings. The summed E-state index contributed by atoms with van der Waals surface area (Å²) in [4.78, 5) is 23.3. The summed E-state index contributed by atoms with van der Waals surface area (Å²) in [6.07, 6.45) is 0. The van der Waals surface area contributed by atoms with Crippen LogP contribution in [0.5, 0.6) is 0 Å². The van der Waals surface area contributed by atoms with E-state index in [1.165, 1.54) is 27.9 Å². The molecule has 100 valence electrons. The fraction of sp³-hybridized carbons (Fsp3) is 0.778. The topological polar surface area (TPSA) is 95.0 Å². The molecule has 0 saturated heterocycles. The van der Waals surface area contributed by atoms with Gasteiger partial charge in [-0.2, -0.15) is 4.31 Å². The first-order valence-corrected chi connectivity index (χ1v) is 6.66. The number of hydrogen-bond acceptors (Lipinski definition) is 4. The SMILES string of the molecule is CCS(=O)(=O)N(C)CC(=O)N(C)C(C)C(=O)O. The fourth-order valence-corrected chi connectivity index (χ4v) is 1.75. The van der Waals surface area contributed by atoms with Crippen molar-refractivity contribution in [3.05, 3.63) is 0 Å². The summed E-state index contributed by atoms with van der Waals surface area (Å²) in [5, 5.41) is 8.72. The highest BCUT2D eigenvalue weighted by Gasteiger charge is 2.25. The van der Waals surface area contributed by atoms with Crippen molar-refractivity contribution in [3.8, 4) is 0 Å². The molecule has 0 aromatic rings. The Morgan fingerprint density at radius 1 is 1.29 bits per heavy atom. The summed E-state index contributed by atoms with van der Waals surface area (Å²) < 4.78 is 23.7. The minimum absolute atomic E-state index is 0.102. The Labute approximate surface area is 101 Å². The number of aliphatic carboxylic acids is 1. The van der Waals surface area contributed by atoms with Gasteiger partial charge in [0.2, 0.25) is 15.9 Å². The summed E-state index contributed by atoms with van der Waals surface area (Å²) in [6, 6.07) is -0.986. The van der Waals surface area contributed by atoms with Gasteiger partial charge in [-0.25, -0.2) is 13.2 Å². The number of carbonyl (C=O) groups is 2. The maximum Gasteiger partial charge on any atom is 0.326 e. The van der Waals surface area contributed by atoms with Gasteiger partial charge in [-0.1, -0.05) is 0 Å². The summed E-state index contributed by atoms with van der Waals surface area (Å²) in [6.45, 7) is 2.47. The average Bonchev–Trinajstić information content (AvgIpc) is 2.26. The molecule has 1 N–H and O–H groups in total. The van der Waals surface area contributed by atoms with Gasteiger partial charge in [-0.3, -0.25) is 4.79 Å². The first-order chi connectivity index (χ1) is 7.63. The number of likely N-dealkylation sites (N-methyl/N-ethyl adjacent to an activating group) is 2. The molecule has 0 saturated carbocycles. The van der Waals surface area contributed by atoms with E-state index in [-0.39, 0.29) is 12.3 Å². The van der Waals surface area contributed by atoms with Gasteiger partial charge in [0.25, 0.3) is 0 Å². The van der Waals surface area contributed by atoms with E-state index in [0.717, 1.165) is 9.21 Å². The zero-order chi connectivity index (χ0) is 13.8. The maximum absolute atomic E-state index is 11.6. The number of hydrogen-bond donors (Lipinski definition) is 1. The molecule has 8 heteroatoms. The van der Waals surface area contributed by atoms with Crippen LogP contribution in [-0.2, 0) is 19.6 Å². The van der Waals surface area contributed by atoms with Gasteiger partial charge in [0.1, 0.15) is 6.04 Å². The molecule has 0 aliphatic rings. The van der Waals surface area contributed by atoms with E-state index >= 15 is 0 Å². The average molecular weight is 266 g/mol. The lowest BCUT2D eigenvalue weighted by Gasteiger charge is -2.24. The number of rotatable bonds is 6. The number of amides is 1. The smallest absolute Gasteiger partial charge is 0.326 e. The number of carboxylic acids is 1. The van der Waals surface area contributed by atoms with E-state index in [1.807, 2.05) is 0 Å². The van der Waals surface area contributed by atoms with Gasteiger partial charge in [-0.15, -0.1) is 0 Å². The molecule has 0 heterocycles. The van der Waals surface area contributed by atoms with E-state index in [0.29, 0.717) is 0 Å². The molecule has 7 nitrogen and oxygen atoms in total. The maximum atomic E-state index is 11.6. The third-order valence-electron chi connectivity index (χ3n) is 2.53. The number of carboxylic acid groups (broad SMARTS) is 1. The number of carbonyl (C=O) groups excluding carboxylic acids is 1. The van der Waals surface area contributed by atoms with E-state index in [9.17, 15) is 18.0 Å². The lowest BCUT2D eigenvalue weighted by molar-refractivity contribution is -0.148. The van der Waals surface area contributed by atoms with Crippen LogP contribution >= 0.6 is 0 Å². The highest BCUT2D eigenvalue weighted by atomic mass is 32.2. The summed E-state index contributed by atoms with van der Waals surface area (Å²) >= 11 is 0. The van der Waals surface area contributed by atoms with Crippen LogP contribution in [0.4, 0.5) is 0 Å². The van der Waals surface area contributed by atoms with Crippen molar-refractivity contribution in [2.75, 3.05) is 26.4 Å². The van der Waals surface area contributed by atoms with Crippen molar-refractivity contribution in [2.24, 2.45) is 0 Å². The Morgan fingerprint density at radius 2 is 1.76 bits per heavy atom. The Kier molecular flexibility index (Phi) is 5.56. The second-order valence-corrected chi connectivity index (χ2v) is 6.04. The lowest BCUT2D eigenvalue weighted by Crippen LogP contribution is -2.45. The number of nitrogens with zero attached hydrogens (tertiary/aromatic N) is 2. The molecule has 17 heavy (non-hydrogen) atoms. The molecule has 0 bridgehead atoms. The van der Waals surface area contributed by atoms with Crippen molar-refractivity contribution in [3.63, 3.8) is 0 Å². The van der Waals surface area contributed by atoms with Crippen molar-refractivity contribution >= 4 is 21.9 Å². The molecule has 0 aromatic heterocycles. The van der Waals surface area contributed by atoms with Crippen LogP contribution < -0.4 is 0 Å². The predicted molar refractivity (Wildman–Crippen MR) is 62.0 cm³/mol. The van der Waals surface area contributed by atoms with Crippen LogP contribution in [0, 0.1) is 0 Å². The molecular formula is C9H18N2O5S. The van der Waals surface area contributed by atoms with E-state index in [2.05, 4.69) is 0 Å². The van der Waals surface area contributed by atoms with Gasteiger partial charge >= 0.3 is 5.97 Å². The largest absolute Gasteiger partial charge is 0.480 e. The Bertz CT molecular complexity index is 392.